The Kier molecular flexibility index (Phi) is 4.69. The first-order valence-corrected chi connectivity index (χ1v) is 6.52. The van der Waals surface area contributed by atoms with Gasteiger partial charge in [0.15, 0.2) is 0 Å². The number of rotatable bonds is 5. The van der Waals surface area contributed by atoms with Crippen LogP contribution < -0.4 is 10.6 Å². The van der Waals surface area contributed by atoms with E-state index in [-0.39, 0.29) is 11.3 Å². The molecule has 0 saturated heterocycles. The molecule has 0 atom stereocenters. The number of nitro groups is 1. The molecule has 20 heavy (non-hydrogen) atoms. The lowest BCUT2D eigenvalue weighted by Gasteiger charge is -2.14. The number of nitro benzene ring substituents is 1. The van der Waals surface area contributed by atoms with Crippen LogP contribution in [-0.4, -0.2) is 24.6 Å². The van der Waals surface area contributed by atoms with Gasteiger partial charge in [0, 0.05) is 24.8 Å². The van der Waals surface area contributed by atoms with Crippen molar-refractivity contribution in [3.8, 4) is 6.07 Å². The molecule has 0 unspecified atom stereocenters. The SMILES string of the molecule is N#Cc1ccc(NCCC2=CCNCC2)cc1[N+](=O)[O-]. The van der Waals surface area contributed by atoms with Gasteiger partial charge in [-0.3, -0.25) is 10.1 Å². The van der Waals surface area contributed by atoms with Crippen molar-refractivity contribution in [2.45, 2.75) is 12.8 Å². The van der Waals surface area contributed by atoms with Crippen molar-refractivity contribution >= 4 is 11.4 Å². The molecule has 1 aliphatic rings. The Bertz CT molecular complexity index is 575. The van der Waals surface area contributed by atoms with Gasteiger partial charge in [0.2, 0.25) is 0 Å². The van der Waals surface area contributed by atoms with Crippen molar-refractivity contribution in [3.63, 3.8) is 0 Å². The topological polar surface area (TPSA) is 91.0 Å². The summed E-state index contributed by atoms with van der Waals surface area (Å²) in [5.41, 5.74) is 2.00. The second-order valence-corrected chi connectivity index (χ2v) is 4.59. The summed E-state index contributed by atoms with van der Waals surface area (Å²) in [5.74, 6) is 0. The summed E-state index contributed by atoms with van der Waals surface area (Å²) in [6.45, 7) is 2.65. The van der Waals surface area contributed by atoms with E-state index in [0.29, 0.717) is 5.69 Å². The molecule has 2 rings (SSSR count). The lowest BCUT2D eigenvalue weighted by molar-refractivity contribution is -0.385. The molecule has 0 aromatic heterocycles. The van der Waals surface area contributed by atoms with Crippen LogP contribution in [0.4, 0.5) is 11.4 Å². The van der Waals surface area contributed by atoms with E-state index in [4.69, 9.17) is 5.26 Å². The number of hydrogen-bond donors (Lipinski definition) is 2. The molecule has 0 spiro atoms. The van der Waals surface area contributed by atoms with Gasteiger partial charge in [0.05, 0.1) is 4.92 Å². The number of anilines is 1. The molecule has 6 heteroatoms. The fourth-order valence-electron chi connectivity index (χ4n) is 2.15. The fraction of sp³-hybridized carbons (Fsp3) is 0.357. The van der Waals surface area contributed by atoms with Gasteiger partial charge in [0.1, 0.15) is 11.6 Å². The average molecular weight is 272 g/mol. The number of nitrogens with one attached hydrogen (secondary N) is 2. The summed E-state index contributed by atoms with van der Waals surface area (Å²) in [6.07, 6.45) is 4.16. The van der Waals surface area contributed by atoms with E-state index < -0.39 is 4.92 Å². The highest BCUT2D eigenvalue weighted by Crippen LogP contribution is 2.22. The minimum absolute atomic E-state index is 0.0848. The number of hydrogen-bond acceptors (Lipinski definition) is 5. The largest absolute Gasteiger partial charge is 0.385 e. The van der Waals surface area contributed by atoms with E-state index in [1.54, 1.807) is 6.07 Å². The molecular weight excluding hydrogens is 256 g/mol. The van der Waals surface area contributed by atoms with Crippen molar-refractivity contribution in [1.29, 1.82) is 5.26 Å². The Morgan fingerprint density at radius 2 is 2.35 bits per heavy atom. The lowest BCUT2D eigenvalue weighted by atomic mass is 10.1. The highest BCUT2D eigenvalue weighted by Gasteiger charge is 2.14. The highest BCUT2D eigenvalue weighted by molar-refractivity contribution is 5.59. The van der Waals surface area contributed by atoms with Crippen LogP contribution in [0.3, 0.4) is 0 Å². The molecule has 1 aromatic carbocycles. The van der Waals surface area contributed by atoms with Gasteiger partial charge in [0.25, 0.3) is 5.69 Å². The quantitative estimate of drug-likeness (QED) is 0.487. The van der Waals surface area contributed by atoms with Crippen molar-refractivity contribution in [1.82, 2.24) is 5.32 Å². The predicted molar refractivity (Wildman–Crippen MR) is 76.5 cm³/mol. The molecule has 1 aliphatic heterocycles. The fourth-order valence-corrected chi connectivity index (χ4v) is 2.15. The maximum absolute atomic E-state index is 10.9. The van der Waals surface area contributed by atoms with Gasteiger partial charge in [-0.25, -0.2) is 0 Å². The first-order chi connectivity index (χ1) is 9.70. The van der Waals surface area contributed by atoms with Gasteiger partial charge in [-0.2, -0.15) is 5.26 Å². The molecule has 1 heterocycles. The summed E-state index contributed by atoms with van der Waals surface area (Å²) >= 11 is 0. The van der Waals surface area contributed by atoms with Crippen molar-refractivity contribution < 1.29 is 4.92 Å². The molecular formula is C14H16N4O2. The normalized spacial score (nSPS) is 14.2. The first-order valence-electron chi connectivity index (χ1n) is 6.52. The Balaban J connectivity index is 1.96. The monoisotopic (exact) mass is 272 g/mol. The maximum Gasteiger partial charge on any atom is 0.289 e. The van der Waals surface area contributed by atoms with Crippen LogP contribution in [-0.2, 0) is 0 Å². The zero-order valence-corrected chi connectivity index (χ0v) is 11.1. The van der Waals surface area contributed by atoms with Gasteiger partial charge in [-0.15, -0.1) is 0 Å². The molecule has 0 fully saturated rings. The molecule has 0 radical (unpaired) electrons. The van der Waals surface area contributed by atoms with Crippen LogP contribution in [0.2, 0.25) is 0 Å². The first kappa shape index (κ1) is 14.0. The van der Waals surface area contributed by atoms with Crippen LogP contribution in [0.5, 0.6) is 0 Å². The summed E-state index contributed by atoms with van der Waals surface area (Å²) in [5, 5.41) is 26.1. The lowest BCUT2D eigenvalue weighted by Crippen LogP contribution is -2.21. The maximum atomic E-state index is 10.9. The molecule has 2 N–H and O–H groups in total. The molecule has 0 saturated carbocycles. The van der Waals surface area contributed by atoms with E-state index >= 15 is 0 Å². The van der Waals surface area contributed by atoms with Crippen LogP contribution in [0.25, 0.3) is 0 Å². The minimum Gasteiger partial charge on any atom is -0.385 e. The summed E-state index contributed by atoms with van der Waals surface area (Å²) in [7, 11) is 0. The number of nitriles is 1. The van der Waals surface area contributed by atoms with Gasteiger partial charge in [-0.05, 0) is 31.5 Å². The second kappa shape index (κ2) is 6.68. The van der Waals surface area contributed by atoms with E-state index in [0.717, 1.165) is 32.5 Å². The van der Waals surface area contributed by atoms with Crippen LogP contribution in [0, 0.1) is 21.4 Å². The standard InChI is InChI=1S/C14H16N4O2/c15-10-12-1-2-13(9-14(12)18(19)20)17-8-5-11-3-6-16-7-4-11/h1-3,9,16-17H,4-8H2. The molecule has 1 aromatic rings. The Hall–Kier alpha value is -2.39. The van der Waals surface area contributed by atoms with E-state index in [1.807, 2.05) is 6.07 Å². The predicted octanol–water partition coefficient (Wildman–Crippen LogP) is 2.19. The Morgan fingerprint density at radius 3 is 3.00 bits per heavy atom. The smallest absolute Gasteiger partial charge is 0.289 e. The van der Waals surface area contributed by atoms with E-state index in [2.05, 4.69) is 16.7 Å². The van der Waals surface area contributed by atoms with Crippen molar-refractivity contribution in [2.24, 2.45) is 0 Å². The van der Waals surface area contributed by atoms with Crippen LogP contribution in [0.15, 0.2) is 29.8 Å². The summed E-state index contributed by atoms with van der Waals surface area (Å²) in [4.78, 5) is 10.3. The number of nitrogens with zero attached hydrogens (tertiary/aromatic N) is 2. The Labute approximate surface area is 117 Å². The Morgan fingerprint density at radius 1 is 1.50 bits per heavy atom. The zero-order chi connectivity index (χ0) is 14.4. The molecule has 0 aliphatic carbocycles. The summed E-state index contributed by atoms with van der Waals surface area (Å²) in [6, 6.07) is 6.41. The second-order valence-electron chi connectivity index (χ2n) is 4.59. The van der Waals surface area contributed by atoms with E-state index in [1.165, 1.54) is 17.7 Å². The average Bonchev–Trinajstić information content (AvgIpc) is 2.48. The summed E-state index contributed by atoms with van der Waals surface area (Å²) < 4.78 is 0. The van der Waals surface area contributed by atoms with Gasteiger partial charge < -0.3 is 10.6 Å². The third-order valence-electron chi connectivity index (χ3n) is 3.25. The van der Waals surface area contributed by atoms with Crippen molar-refractivity contribution in [2.75, 3.05) is 25.0 Å². The molecule has 0 bridgehead atoms. The third kappa shape index (κ3) is 3.56. The van der Waals surface area contributed by atoms with Crippen LogP contribution in [0.1, 0.15) is 18.4 Å². The number of benzene rings is 1. The molecule has 0 amide bonds. The molecule has 6 nitrogen and oxygen atoms in total. The highest BCUT2D eigenvalue weighted by atomic mass is 16.6. The van der Waals surface area contributed by atoms with Gasteiger partial charge >= 0.3 is 0 Å². The van der Waals surface area contributed by atoms with Gasteiger partial charge in [-0.1, -0.05) is 11.6 Å². The zero-order valence-electron chi connectivity index (χ0n) is 11.1. The van der Waals surface area contributed by atoms with E-state index in [9.17, 15) is 10.1 Å². The minimum atomic E-state index is -0.529. The van der Waals surface area contributed by atoms with Crippen molar-refractivity contribution in [3.05, 3.63) is 45.5 Å². The molecule has 104 valence electrons. The van der Waals surface area contributed by atoms with Crippen LogP contribution >= 0.6 is 0 Å². The third-order valence-corrected chi connectivity index (χ3v) is 3.25.